The van der Waals surface area contributed by atoms with E-state index in [-0.39, 0.29) is 17.5 Å². The van der Waals surface area contributed by atoms with Crippen molar-refractivity contribution in [2.45, 2.75) is 23.9 Å². The number of rotatable bonds is 7. The van der Waals surface area contributed by atoms with Crippen LogP contribution in [0.2, 0.25) is 5.02 Å². The van der Waals surface area contributed by atoms with Crippen LogP contribution < -0.4 is 4.74 Å². The van der Waals surface area contributed by atoms with Crippen molar-refractivity contribution >= 4 is 29.1 Å². The third-order valence-corrected chi connectivity index (χ3v) is 5.38. The van der Waals surface area contributed by atoms with Crippen molar-refractivity contribution in [1.29, 1.82) is 0 Å². The average Bonchev–Trinajstić information content (AvgIpc) is 3.01. The lowest BCUT2D eigenvalue weighted by Crippen LogP contribution is -2.04. The third kappa shape index (κ3) is 4.78. The summed E-state index contributed by atoms with van der Waals surface area (Å²) in [6, 6.07) is 13.7. The van der Waals surface area contributed by atoms with E-state index in [1.54, 1.807) is 36.4 Å². The van der Waals surface area contributed by atoms with Gasteiger partial charge in [0.2, 0.25) is 0 Å². The summed E-state index contributed by atoms with van der Waals surface area (Å²) in [5.74, 6) is 1.38. The third-order valence-electron chi connectivity index (χ3n) is 3.94. The van der Waals surface area contributed by atoms with Crippen LogP contribution in [0.25, 0.3) is 0 Å². The number of nitrogens with zero attached hydrogens (tertiary/aromatic N) is 4. The molecule has 140 valence electrons. The van der Waals surface area contributed by atoms with Gasteiger partial charge in [0.15, 0.2) is 11.0 Å². The van der Waals surface area contributed by atoms with E-state index in [9.17, 15) is 10.1 Å². The lowest BCUT2D eigenvalue weighted by molar-refractivity contribution is -0.384. The number of ether oxygens (including phenoxy) is 1. The van der Waals surface area contributed by atoms with Gasteiger partial charge in [0.05, 0.1) is 4.92 Å². The van der Waals surface area contributed by atoms with Crippen molar-refractivity contribution in [1.82, 2.24) is 14.8 Å². The Morgan fingerprint density at radius 1 is 1.26 bits per heavy atom. The second-order valence-electron chi connectivity index (χ2n) is 5.81. The van der Waals surface area contributed by atoms with E-state index in [4.69, 9.17) is 16.3 Å². The van der Waals surface area contributed by atoms with E-state index < -0.39 is 4.92 Å². The Kier molecular flexibility index (Phi) is 5.98. The molecule has 0 bridgehead atoms. The fraction of sp³-hybridized carbons (Fsp3) is 0.222. The Morgan fingerprint density at radius 3 is 2.70 bits per heavy atom. The van der Waals surface area contributed by atoms with Crippen molar-refractivity contribution in [2.24, 2.45) is 7.05 Å². The zero-order chi connectivity index (χ0) is 19.4. The van der Waals surface area contributed by atoms with Gasteiger partial charge in [-0.05, 0) is 36.8 Å². The van der Waals surface area contributed by atoms with E-state index in [0.717, 1.165) is 5.56 Å². The van der Waals surface area contributed by atoms with Crippen LogP contribution in [0.15, 0.2) is 53.7 Å². The van der Waals surface area contributed by atoms with Gasteiger partial charge in [-0.15, -0.1) is 10.2 Å². The van der Waals surface area contributed by atoms with Crippen molar-refractivity contribution in [3.63, 3.8) is 0 Å². The van der Waals surface area contributed by atoms with Crippen LogP contribution in [0.3, 0.4) is 0 Å². The smallest absolute Gasteiger partial charge is 0.269 e. The molecule has 0 spiro atoms. The highest BCUT2D eigenvalue weighted by Gasteiger charge is 2.16. The number of hydrogen-bond donors (Lipinski definition) is 0. The summed E-state index contributed by atoms with van der Waals surface area (Å²) >= 11 is 7.34. The molecule has 0 fully saturated rings. The second kappa shape index (κ2) is 8.41. The fourth-order valence-corrected chi connectivity index (χ4v) is 3.45. The molecule has 0 N–H and O–H groups in total. The van der Waals surface area contributed by atoms with Gasteiger partial charge in [-0.1, -0.05) is 35.5 Å². The summed E-state index contributed by atoms with van der Waals surface area (Å²) in [6.45, 7) is 2.25. The minimum absolute atomic E-state index is 0.0159. The normalized spacial score (nSPS) is 12.0. The van der Waals surface area contributed by atoms with Crippen LogP contribution in [0.1, 0.15) is 23.6 Å². The van der Waals surface area contributed by atoms with Crippen LogP contribution in [0, 0.1) is 10.1 Å². The molecule has 2 aromatic carbocycles. The Morgan fingerprint density at radius 2 is 2.00 bits per heavy atom. The van der Waals surface area contributed by atoms with Crippen LogP contribution in [-0.2, 0) is 13.7 Å². The quantitative estimate of drug-likeness (QED) is 0.319. The first-order valence-electron chi connectivity index (χ1n) is 8.11. The Balaban J connectivity index is 1.67. The molecular formula is C18H17ClN4O3S. The van der Waals surface area contributed by atoms with Gasteiger partial charge >= 0.3 is 0 Å². The summed E-state index contributed by atoms with van der Waals surface area (Å²) in [6.07, 6.45) is 0. The van der Waals surface area contributed by atoms with E-state index >= 15 is 0 Å². The minimum atomic E-state index is -0.393. The molecule has 1 aromatic heterocycles. The van der Waals surface area contributed by atoms with Gasteiger partial charge in [-0.25, -0.2) is 0 Å². The van der Waals surface area contributed by atoms with Gasteiger partial charge in [-0.2, -0.15) is 0 Å². The molecule has 0 aliphatic heterocycles. The summed E-state index contributed by atoms with van der Waals surface area (Å²) < 4.78 is 7.56. The monoisotopic (exact) mass is 404 g/mol. The number of nitro benzene ring substituents is 1. The average molecular weight is 405 g/mol. The largest absolute Gasteiger partial charge is 0.486 e. The SMILES string of the molecule is CC(Sc1nnc(COc2ccc(Cl)cc2)n1C)c1cccc([N+](=O)[O-])c1. The predicted molar refractivity (Wildman–Crippen MR) is 104 cm³/mol. The number of hydrogen-bond acceptors (Lipinski definition) is 6. The van der Waals surface area contributed by atoms with Crippen molar-refractivity contribution in [3.05, 3.63) is 75.1 Å². The number of aromatic nitrogens is 3. The lowest BCUT2D eigenvalue weighted by atomic mass is 10.1. The van der Waals surface area contributed by atoms with E-state index in [1.165, 1.54) is 17.8 Å². The number of nitro groups is 1. The molecule has 27 heavy (non-hydrogen) atoms. The zero-order valence-electron chi connectivity index (χ0n) is 14.7. The van der Waals surface area contributed by atoms with Gasteiger partial charge < -0.3 is 9.30 Å². The van der Waals surface area contributed by atoms with Gasteiger partial charge in [0, 0.05) is 29.5 Å². The first kappa shape index (κ1) is 19.2. The molecule has 3 rings (SSSR count). The van der Waals surface area contributed by atoms with E-state index in [1.807, 2.05) is 24.6 Å². The van der Waals surface area contributed by atoms with Crippen molar-refractivity contribution < 1.29 is 9.66 Å². The highest BCUT2D eigenvalue weighted by atomic mass is 35.5. The molecular weight excluding hydrogens is 388 g/mol. The summed E-state index contributed by atoms with van der Waals surface area (Å²) in [5.41, 5.74) is 0.936. The zero-order valence-corrected chi connectivity index (χ0v) is 16.3. The summed E-state index contributed by atoms with van der Waals surface area (Å²) in [7, 11) is 1.86. The summed E-state index contributed by atoms with van der Waals surface area (Å²) in [5, 5.41) is 20.7. The molecule has 3 aromatic rings. The molecule has 0 aliphatic carbocycles. The van der Waals surface area contributed by atoms with E-state index in [0.29, 0.717) is 21.8 Å². The molecule has 0 radical (unpaired) electrons. The standard InChI is InChI=1S/C18H17ClN4O3S/c1-12(13-4-3-5-15(10-13)23(24)25)27-18-21-20-17(22(18)2)11-26-16-8-6-14(19)7-9-16/h3-10,12H,11H2,1-2H3. The maximum atomic E-state index is 11.0. The molecule has 0 aliphatic rings. The van der Waals surface area contributed by atoms with Crippen molar-refractivity contribution in [3.8, 4) is 5.75 Å². The Hall–Kier alpha value is -2.58. The van der Waals surface area contributed by atoms with Crippen LogP contribution in [-0.4, -0.2) is 19.7 Å². The molecule has 1 unspecified atom stereocenters. The van der Waals surface area contributed by atoms with Gasteiger partial charge in [0.1, 0.15) is 12.4 Å². The maximum absolute atomic E-state index is 11.0. The van der Waals surface area contributed by atoms with Gasteiger partial charge in [-0.3, -0.25) is 10.1 Å². The molecule has 7 nitrogen and oxygen atoms in total. The Labute approximate surface area is 165 Å². The number of thioether (sulfide) groups is 1. The van der Waals surface area contributed by atoms with Crippen LogP contribution in [0.5, 0.6) is 5.75 Å². The minimum Gasteiger partial charge on any atom is -0.486 e. The highest BCUT2D eigenvalue weighted by Crippen LogP contribution is 2.35. The Bertz CT molecular complexity index is 946. The first-order chi connectivity index (χ1) is 12.9. The molecule has 0 saturated carbocycles. The fourth-order valence-electron chi connectivity index (χ4n) is 2.37. The maximum Gasteiger partial charge on any atom is 0.269 e. The number of halogens is 1. The summed E-state index contributed by atoms with van der Waals surface area (Å²) in [4.78, 5) is 10.6. The topological polar surface area (TPSA) is 83.1 Å². The molecule has 0 saturated heterocycles. The van der Waals surface area contributed by atoms with Crippen molar-refractivity contribution in [2.75, 3.05) is 0 Å². The highest BCUT2D eigenvalue weighted by molar-refractivity contribution is 7.99. The number of non-ortho nitro benzene ring substituents is 1. The van der Waals surface area contributed by atoms with Gasteiger partial charge in [0.25, 0.3) is 5.69 Å². The first-order valence-corrected chi connectivity index (χ1v) is 9.37. The van der Waals surface area contributed by atoms with Crippen LogP contribution >= 0.6 is 23.4 Å². The number of benzene rings is 2. The molecule has 0 amide bonds. The molecule has 1 heterocycles. The predicted octanol–water partition coefficient (Wildman–Crippen LogP) is 4.81. The lowest BCUT2D eigenvalue weighted by Gasteiger charge is -2.11. The van der Waals surface area contributed by atoms with E-state index in [2.05, 4.69) is 10.2 Å². The van der Waals surface area contributed by atoms with Crippen LogP contribution in [0.4, 0.5) is 5.69 Å². The molecule has 9 heteroatoms. The second-order valence-corrected chi connectivity index (χ2v) is 7.56. The molecule has 1 atom stereocenters.